The number of amides is 1. The first kappa shape index (κ1) is 17.7. The molecule has 1 unspecified atom stereocenters. The molecule has 1 amide bonds. The van der Waals surface area contributed by atoms with Crippen molar-refractivity contribution in [3.05, 3.63) is 57.2 Å². The van der Waals surface area contributed by atoms with Crippen LogP contribution in [0.4, 0.5) is 5.82 Å². The lowest BCUT2D eigenvalue weighted by molar-refractivity contribution is -0.885. The highest BCUT2D eigenvalue weighted by molar-refractivity contribution is 6.36. The molecular weight excluding hydrogens is 333 g/mol. The number of likely N-dealkylation sites (N-methyl/N-ethyl adjacent to an activating group) is 1. The van der Waals surface area contributed by atoms with Crippen LogP contribution in [0.3, 0.4) is 0 Å². The predicted molar refractivity (Wildman–Crippen MR) is 94.3 cm³/mol. The monoisotopic (exact) mass is 352 g/mol. The summed E-state index contributed by atoms with van der Waals surface area (Å²) in [4.78, 5) is 17.2. The highest BCUT2D eigenvalue weighted by Crippen LogP contribution is 2.22. The van der Waals surface area contributed by atoms with Crippen LogP contribution in [0.2, 0.25) is 10.0 Å². The van der Waals surface area contributed by atoms with Crippen molar-refractivity contribution in [3.8, 4) is 0 Å². The van der Waals surface area contributed by atoms with Crippen LogP contribution in [-0.2, 0) is 11.3 Å². The van der Waals surface area contributed by atoms with Crippen molar-refractivity contribution < 1.29 is 9.69 Å². The maximum atomic E-state index is 12.1. The SMILES string of the molecule is Cc1ccc(C[NH+](C)CC(=O)Nc2ncc(Cl)cc2Cl)c(C)c1. The second-order valence-corrected chi connectivity index (χ2v) is 6.62. The molecule has 2 aromatic rings. The van der Waals surface area contributed by atoms with E-state index < -0.39 is 0 Å². The van der Waals surface area contributed by atoms with Crippen LogP contribution in [0.1, 0.15) is 16.7 Å². The summed E-state index contributed by atoms with van der Waals surface area (Å²) in [5.74, 6) is 0.198. The molecule has 0 aliphatic heterocycles. The lowest BCUT2D eigenvalue weighted by atomic mass is 10.1. The fourth-order valence-electron chi connectivity index (χ4n) is 2.39. The minimum absolute atomic E-state index is 0.135. The average Bonchev–Trinajstić information content (AvgIpc) is 2.45. The molecule has 1 aromatic carbocycles. The molecular formula is C17H20Cl2N3O+. The molecule has 0 bridgehead atoms. The molecule has 6 heteroatoms. The van der Waals surface area contributed by atoms with E-state index in [-0.39, 0.29) is 5.91 Å². The number of aryl methyl sites for hydroxylation is 2. The van der Waals surface area contributed by atoms with E-state index in [1.54, 1.807) is 6.07 Å². The Morgan fingerprint density at radius 3 is 2.65 bits per heavy atom. The number of nitrogens with one attached hydrogen (secondary N) is 2. The van der Waals surface area contributed by atoms with Gasteiger partial charge in [-0.1, -0.05) is 47.0 Å². The number of benzene rings is 1. The molecule has 23 heavy (non-hydrogen) atoms. The Labute approximate surface area is 146 Å². The third-order valence-electron chi connectivity index (χ3n) is 3.52. The minimum Gasteiger partial charge on any atom is -0.326 e. The highest BCUT2D eigenvalue weighted by Gasteiger charge is 2.14. The maximum absolute atomic E-state index is 12.1. The number of carbonyl (C=O) groups excluding carboxylic acids is 1. The predicted octanol–water partition coefficient (Wildman–Crippen LogP) is 2.66. The molecule has 0 aliphatic carbocycles. The van der Waals surface area contributed by atoms with Gasteiger partial charge in [0.2, 0.25) is 0 Å². The van der Waals surface area contributed by atoms with Crippen molar-refractivity contribution in [2.75, 3.05) is 18.9 Å². The number of quaternary nitrogens is 1. The number of anilines is 1. The van der Waals surface area contributed by atoms with E-state index in [9.17, 15) is 4.79 Å². The number of aromatic nitrogens is 1. The molecule has 0 fully saturated rings. The molecule has 0 spiro atoms. The van der Waals surface area contributed by atoms with Crippen LogP contribution in [0.25, 0.3) is 0 Å². The Balaban J connectivity index is 1.94. The Hall–Kier alpha value is -1.62. The average molecular weight is 353 g/mol. The van der Waals surface area contributed by atoms with Crippen LogP contribution in [0, 0.1) is 13.8 Å². The Kier molecular flexibility index (Phi) is 5.99. The van der Waals surface area contributed by atoms with Crippen molar-refractivity contribution in [3.63, 3.8) is 0 Å². The van der Waals surface area contributed by atoms with Gasteiger partial charge in [-0.15, -0.1) is 0 Å². The van der Waals surface area contributed by atoms with Crippen molar-refractivity contribution in [2.45, 2.75) is 20.4 Å². The maximum Gasteiger partial charge on any atom is 0.280 e. The van der Waals surface area contributed by atoms with Crippen LogP contribution >= 0.6 is 23.2 Å². The van der Waals surface area contributed by atoms with Gasteiger partial charge in [-0.3, -0.25) is 4.79 Å². The molecule has 2 N–H and O–H groups in total. The third-order valence-corrected chi connectivity index (χ3v) is 4.01. The van der Waals surface area contributed by atoms with E-state index in [2.05, 4.69) is 42.3 Å². The van der Waals surface area contributed by atoms with Gasteiger partial charge in [0.25, 0.3) is 5.91 Å². The van der Waals surface area contributed by atoms with Crippen molar-refractivity contribution >= 4 is 34.9 Å². The van der Waals surface area contributed by atoms with E-state index >= 15 is 0 Å². The number of pyridine rings is 1. The van der Waals surface area contributed by atoms with Crippen LogP contribution in [-0.4, -0.2) is 24.5 Å². The topological polar surface area (TPSA) is 46.4 Å². The Bertz CT molecular complexity index is 719. The van der Waals surface area contributed by atoms with Crippen molar-refractivity contribution in [1.29, 1.82) is 0 Å². The molecule has 0 saturated carbocycles. The fraction of sp³-hybridized carbons (Fsp3) is 0.294. The highest BCUT2D eigenvalue weighted by atomic mass is 35.5. The standard InChI is InChI=1S/C17H19Cl2N3O/c1-11-4-5-13(12(2)6-11)9-22(3)10-16(23)21-17-15(19)7-14(18)8-20-17/h4-8H,9-10H2,1-3H3,(H,20,21,23)/p+1. The van der Waals surface area contributed by atoms with E-state index in [4.69, 9.17) is 23.2 Å². The first-order chi connectivity index (χ1) is 10.8. The third kappa shape index (κ3) is 5.20. The fourth-order valence-corrected chi connectivity index (χ4v) is 2.82. The first-order valence-electron chi connectivity index (χ1n) is 7.33. The minimum atomic E-state index is -0.135. The zero-order valence-corrected chi connectivity index (χ0v) is 14.9. The van der Waals surface area contributed by atoms with Gasteiger partial charge in [0.1, 0.15) is 6.54 Å². The summed E-state index contributed by atoms with van der Waals surface area (Å²) < 4.78 is 0. The summed E-state index contributed by atoms with van der Waals surface area (Å²) in [7, 11) is 1.98. The zero-order valence-electron chi connectivity index (χ0n) is 13.4. The van der Waals surface area contributed by atoms with Gasteiger partial charge in [0.05, 0.1) is 17.1 Å². The second kappa shape index (κ2) is 7.77. The number of hydrogen-bond donors (Lipinski definition) is 2. The van der Waals surface area contributed by atoms with Gasteiger partial charge < -0.3 is 10.2 Å². The molecule has 1 heterocycles. The number of carbonyl (C=O) groups is 1. The smallest absolute Gasteiger partial charge is 0.280 e. The van der Waals surface area contributed by atoms with E-state index in [0.717, 1.165) is 11.4 Å². The summed E-state index contributed by atoms with van der Waals surface area (Å²) in [5, 5.41) is 3.48. The summed E-state index contributed by atoms with van der Waals surface area (Å²) in [6.07, 6.45) is 1.45. The van der Waals surface area contributed by atoms with Crippen molar-refractivity contribution in [2.24, 2.45) is 0 Å². The quantitative estimate of drug-likeness (QED) is 0.868. The second-order valence-electron chi connectivity index (χ2n) is 5.77. The Morgan fingerprint density at radius 2 is 2.00 bits per heavy atom. The molecule has 1 atom stereocenters. The van der Waals surface area contributed by atoms with Gasteiger partial charge in [-0.2, -0.15) is 0 Å². The number of rotatable bonds is 5. The number of halogens is 2. The van der Waals surface area contributed by atoms with Crippen LogP contribution in [0.5, 0.6) is 0 Å². The van der Waals surface area contributed by atoms with E-state index in [1.165, 1.54) is 22.9 Å². The summed E-state index contributed by atoms with van der Waals surface area (Å²) in [5.41, 5.74) is 3.72. The van der Waals surface area contributed by atoms with E-state index in [1.807, 2.05) is 7.05 Å². The van der Waals surface area contributed by atoms with Crippen LogP contribution < -0.4 is 10.2 Å². The normalized spacial score (nSPS) is 12.0. The summed E-state index contributed by atoms with van der Waals surface area (Å²) in [6.45, 7) is 5.27. The zero-order chi connectivity index (χ0) is 17.0. The van der Waals surface area contributed by atoms with Gasteiger partial charge in [-0.05, 0) is 25.5 Å². The number of nitrogens with zero attached hydrogens (tertiary/aromatic N) is 1. The number of hydrogen-bond acceptors (Lipinski definition) is 2. The summed E-state index contributed by atoms with van der Waals surface area (Å²) in [6, 6.07) is 7.91. The lowest BCUT2D eigenvalue weighted by Crippen LogP contribution is -3.08. The molecule has 0 radical (unpaired) electrons. The van der Waals surface area contributed by atoms with Crippen molar-refractivity contribution in [1.82, 2.24) is 4.98 Å². The molecule has 0 aliphatic rings. The largest absolute Gasteiger partial charge is 0.326 e. The van der Waals surface area contributed by atoms with Gasteiger partial charge in [0, 0.05) is 11.8 Å². The van der Waals surface area contributed by atoms with E-state index in [0.29, 0.717) is 22.4 Å². The molecule has 2 rings (SSSR count). The summed E-state index contributed by atoms with van der Waals surface area (Å²) >= 11 is 11.8. The van der Waals surface area contributed by atoms with Crippen LogP contribution in [0.15, 0.2) is 30.5 Å². The molecule has 1 aromatic heterocycles. The molecule has 122 valence electrons. The van der Waals surface area contributed by atoms with Gasteiger partial charge in [-0.25, -0.2) is 4.98 Å². The van der Waals surface area contributed by atoms with Gasteiger partial charge >= 0.3 is 0 Å². The first-order valence-corrected chi connectivity index (χ1v) is 8.09. The van der Waals surface area contributed by atoms with Gasteiger partial charge in [0.15, 0.2) is 12.4 Å². The Morgan fingerprint density at radius 1 is 1.26 bits per heavy atom. The lowest BCUT2D eigenvalue weighted by Gasteiger charge is -2.15. The molecule has 0 saturated heterocycles. The molecule has 4 nitrogen and oxygen atoms in total.